The molecule has 0 aliphatic heterocycles. The number of hydrogen-bond donors (Lipinski definition) is 0. The minimum absolute atomic E-state index is 0.311. The second-order valence-electron chi connectivity index (χ2n) is 3.58. The Kier molecular flexibility index (Phi) is 3.96. The molecule has 2 rings (SSSR count). The van der Waals surface area contributed by atoms with E-state index in [1.807, 2.05) is 29.7 Å². The summed E-state index contributed by atoms with van der Waals surface area (Å²) in [5, 5.41) is 19.9. The van der Waals surface area contributed by atoms with Crippen LogP contribution in [0.2, 0.25) is 0 Å². The smallest absolute Gasteiger partial charge is 0.138 e. The van der Waals surface area contributed by atoms with Crippen LogP contribution in [0.3, 0.4) is 0 Å². The highest BCUT2D eigenvalue weighted by atomic mass is 32.1. The van der Waals surface area contributed by atoms with E-state index in [1.165, 1.54) is 4.88 Å². The highest BCUT2D eigenvalue weighted by Gasteiger charge is 2.08. The van der Waals surface area contributed by atoms with Crippen LogP contribution in [0, 0.1) is 22.7 Å². The highest BCUT2D eigenvalue weighted by Crippen LogP contribution is 2.21. The summed E-state index contributed by atoms with van der Waals surface area (Å²) in [6, 6.07) is 13.1. The van der Waals surface area contributed by atoms with E-state index in [0.29, 0.717) is 23.5 Å². The summed E-state index contributed by atoms with van der Waals surface area (Å²) in [6.07, 6.45) is 0.805. The van der Waals surface area contributed by atoms with Crippen molar-refractivity contribution in [2.45, 2.75) is 6.42 Å². The predicted octanol–water partition coefficient (Wildman–Crippen LogP) is 3.11. The fourth-order valence-corrected chi connectivity index (χ4v) is 2.27. The molecule has 1 heterocycles. The second kappa shape index (κ2) is 5.86. The van der Waals surface area contributed by atoms with Crippen molar-refractivity contribution in [2.24, 2.45) is 0 Å². The van der Waals surface area contributed by atoms with Crippen LogP contribution in [0.25, 0.3) is 0 Å². The van der Waals surface area contributed by atoms with Crippen LogP contribution in [0.4, 0.5) is 0 Å². The van der Waals surface area contributed by atoms with Gasteiger partial charge in [-0.1, -0.05) is 12.1 Å². The standard InChI is InChI=1S/C14H10N2OS/c15-9-11-3-1-5-14(13(11)10-16)17-7-6-12-4-2-8-18-12/h1-5,8H,6-7H2. The van der Waals surface area contributed by atoms with Crippen molar-refractivity contribution in [1.29, 1.82) is 10.5 Å². The summed E-state index contributed by atoms with van der Waals surface area (Å²) in [4.78, 5) is 1.24. The normalized spacial score (nSPS) is 9.44. The van der Waals surface area contributed by atoms with Crippen molar-refractivity contribution in [3.63, 3.8) is 0 Å². The summed E-state index contributed by atoms with van der Waals surface area (Å²) < 4.78 is 5.58. The summed E-state index contributed by atoms with van der Waals surface area (Å²) in [5.74, 6) is 0.480. The number of rotatable bonds is 4. The molecule has 88 valence electrons. The van der Waals surface area contributed by atoms with Gasteiger partial charge in [-0.3, -0.25) is 0 Å². The lowest BCUT2D eigenvalue weighted by Crippen LogP contribution is -2.02. The topological polar surface area (TPSA) is 56.8 Å². The Balaban J connectivity index is 2.06. The molecule has 1 aromatic heterocycles. The van der Waals surface area contributed by atoms with Crippen LogP contribution in [-0.4, -0.2) is 6.61 Å². The number of benzene rings is 1. The van der Waals surface area contributed by atoms with E-state index in [0.717, 1.165) is 6.42 Å². The third-order valence-electron chi connectivity index (χ3n) is 2.44. The molecule has 18 heavy (non-hydrogen) atoms. The van der Waals surface area contributed by atoms with Crippen molar-refractivity contribution < 1.29 is 4.74 Å². The monoisotopic (exact) mass is 254 g/mol. The maximum absolute atomic E-state index is 9.03. The quantitative estimate of drug-likeness (QED) is 0.842. The third kappa shape index (κ3) is 2.68. The average molecular weight is 254 g/mol. The number of hydrogen-bond acceptors (Lipinski definition) is 4. The average Bonchev–Trinajstić information content (AvgIpc) is 2.91. The van der Waals surface area contributed by atoms with Gasteiger partial charge in [0, 0.05) is 11.3 Å². The van der Waals surface area contributed by atoms with E-state index < -0.39 is 0 Å². The predicted molar refractivity (Wildman–Crippen MR) is 69.4 cm³/mol. The van der Waals surface area contributed by atoms with Gasteiger partial charge in [0.15, 0.2) is 0 Å². The fourth-order valence-electron chi connectivity index (χ4n) is 1.58. The zero-order chi connectivity index (χ0) is 12.8. The van der Waals surface area contributed by atoms with Crippen LogP contribution in [0.1, 0.15) is 16.0 Å². The minimum Gasteiger partial charge on any atom is -0.492 e. The molecule has 3 nitrogen and oxygen atoms in total. The van der Waals surface area contributed by atoms with Crippen LogP contribution in [-0.2, 0) is 6.42 Å². The first-order valence-electron chi connectivity index (χ1n) is 5.43. The summed E-state index contributed by atoms with van der Waals surface area (Å²) in [6.45, 7) is 0.504. The zero-order valence-electron chi connectivity index (χ0n) is 9.59. The first-order valence-corrected chi connectivity index (χ1v) is 6.31. The van der Waals surface area contributed by atoms with Crippen molar-refractivity contribution in [3.8, 4) is 17.9 Å². The molecule has 1 aromatic carbocycles. The van der Waals surface area contributed by atoms with Gasteiger partial charge < -0.3 is 4.74 Å². The molecular weight excluding hydrogens is 244 g/mol. The Morgan fingerprint density at radius 1 is 1.11 bits per heavy atom. The van der Waals surface area contributed by atoms with Gasteiger partial charge in [-0.15, -0.1) is 11.3 Å². The largest absolute Gasteiger partial charge is 0.492 e. The summed E-state index contributed by atoms with van der Waals surface area (Å²) >= 11 is 1.68. The Bertz CT molecular complexity index is 606. The third-order valence-corrected chi connectivity index (χ3v) is 3.38. The molecular formula is C14H10N2OS. The molecule has 0 aliphatic carbocycles. The van der Waals surface area contributed by atoms with Gasteiger partial charge in [-0.2, -0.15) is 10.5 Å². The van der Waals surface area contributed by atoms with Crippen LogP contribution < -0.4 is 4.74 Å². The van der Waals surface area contributed by atoms with E-state index in [-0.39, 0.29) is 0 Å². The second-order valence-corrected chi connectivity index (χ2v) is 4.61. The Morgan fingerprint density at radius 3 is 2.67 bits per heavy atom. The van der Waals surface area contributed by atoms with E-state index in [9.17, 15) is 0 Å². The number of nitriles is 2. The lowest BCUT2D eigenvalue weighted by Gasteiger charge is -2.07. The maximum atomic E-state index is 9.03. The summed E-state index contributed by atoms with van der Waals surface area (Å²) in [5.41, 5.74) is 0.664. The molecule has 0 aliphatic rings. The molecule has 0 bridgehead atoms. The molecule has 4 heteroatoms. The Labute approximate surface area is 109 Å². The molecule has 0 unspecified atom stereocenters. The zero-order valence-corrected chi connectivity index (χ0v) is 10.4. The lowest BCUT2D eigenvalue weighted by molar-refractivity contribution is 0.322. The number of ether oxygens (including phenoxy) is 1. The van der Waals surface area contributed by atoms with Crippen molar-refractivity contribution in [3.05, 3.63) is 51.7 Å². The molecule has 0 saturated heterocycles. The van der Waals surface area contributed by atoms with Gasteiger partial charge in [-0.25, -0.2) is 0 Å². The van der Waals surface area contributed by atoms with Crippen LogP contribution in [0.5, 0.6) is 5.75 Å². The van der Waals surface area contributed by atoms with Gasteiger partial charge in [0.1, 0.15) is 23.5 Å². The van der Waals surface area contributed by atoms with Crippen molar-refractivity contribution in [1.82, 2.24) is 0 Å². The lowest BCUT2D eigenvalue weighted by atomic mass is 10.1. The number of nitrogens with zero attached hydrogens (tertiary/aromatic N) is 2. The minimum atomic E-state index is 0.311. The van der Waals surface area contributed by atoms with Gasteiger partial charge in [-0.05, 0) is 23.6 Å². The van der Waals surface area contributed by atoms with Crippen molar-refractivity contribution >= 4 is 11.3 Å². The van der Waals surface area contributed by atoms with Gasteiger partial charge in [0.25, 0.3) is 0 Å². The highest BCUT2D eigenvalue weighted by molar-refractivity contribution is 7.09. The van der Waals surface area contributed by atoms with Crippen LogP contribution >= 0.6 is 11.3 Å². The van der Waals surface area contributed by atoms with E-state index in [2.05, 4.69) is 0 Å². The summed E-state index contributed by atoms with van der Waals surface area (Å²) in [7, 11) is 0. The molecule has 2 aromatic rings. The van der Waals surface area contributed by atoms with Gasteiger partial charge in [0.2, 0.25) is 0 Å². The SMILES string of the molecule is N#Cc1cccc(OCCc2cccs2)c1C#N. The molecule has 0 radical (unpaired) electrons. The number of thiophene rings is 1. The first-order chi connectivity index (χ1) is 8.85. The first kappa shape index (κ1) is 12.2. The Hall–Kier alpha value is -2.30. The molecule has 0 saturated carbocycles. The van der Waals surface area contributed by atoms with Gasteiger partial charge in [0.05, 0.1) is 12.2 Å². The van der Waals surface area contributed by atoms with Crippen molar-refractivity contribution in [2.75, 3.05) is 6.61 Å². The maximum Gasteiger partial charge on any atom is 0.138 e. The van der Waals surface area contributed by atoms with E-state index in [4.69, 9.17) is 15.3 Å². The van der Waals surface area contributed by atoms with Gasteiger partial charge >= 0.3 is 0 Å². The molecule has 0 spiro atoms. The molecule has 0 N–H and O–H groups in total. The molecule has 0 amide bonds. The fraction of sp³-hybridized carbons (Fsp3) is 0.143. The molecule has 0 atom stereocenters. The Morgan fingerprint density at radius 2 is 2.00 bits per heavy atom. The van der Waals surface area contributed by atoms with E-state index in [1.54, 1.807) is 29.5 Å². The molecule has 0 fully saturated rings. The van der Waals surface area contributed by atoms with Crippen LogP contribution in [0.15, 0.2) is 35.7 Å². The van der Waals surface area contributed by atoms with E-state index >= 15 is 0 Å².